The van der Waals surface area contributed by atoms with Gasteiger partial charge in [0.1, 0.15) is 0 Å². The number of ketones is 1. The van der Waals surface area contributed by atoms with Crippen LogP contribution >= 0.6 is 0 Å². The number of carbonyl (C=O) groups is 5. The van der Waals surface area contributed by atoms with E-state index in [-0.39, 0.29) is 33.4 Å². The van der Waals surface area contributed by atoms with Crippen LogP contribution in [0.1, 0.15) is 79.6 Å². The van der Waals surface area contributed by atoms with E-state index in [1.165, 1.54) is 48.3 Å². The maximum Gasteiger partial charge on any atom is 0.266 e. The van der Waals surface area contributed by atoms with Gasteiger partial charge in [0.2, 0.25) is 0 Å². The van der Waals surface area contributed by atoms with Crippen molar-refractivity contribution in [2.45, 2.75) is 27.7 Å². The fourth-order valence-electron chi connectivity index (χ4n) is 4.87. The number of aryl methyl sites for hydroxylation is 2. The van der Waals surface area contributed by atoms with Crippen LogP contribution in [-0.2, 0) is 0 Å². The molecule has 7 heteroatoms. The number of carbonyl (C=O) groups excluding carboxylic acids is 5. The zero-order chi connectivity index (χ0) is 25.3. The Morgan fingerprint density at radius 1 is 0.600 bits per heavy atom. The summed E-state index contributed by atoms with van der Waals surface area (Å²) in [6.45, 7) is 7.69. The molecule has 0 atom stereocenters. The van der Waals surface area contributed by atoms with Crippen LogP contribution in [0.5, 0.6) is 0 Å². The summed E-state index contributed by atoms with van der Waals surface area (Å²) in [5.74, 6) is -2.21. The normalized spacial score (nSPS) is 14.7. The monoisotopic (exact) mass is 466 g/mol. The van der Waals surface area contributed by atoms with Gasteiger partial charge in [-0.2, -0.15) is 0 Å². The highest BCUT2D eigenvalue weighted by molar-refractivity contribution is 6.35. The Labute approximate surface area is 202 Å². The molecule has 0 radical (unpaired) electrons. The Morgan fingerprint density at radius 2 is 1.09 bits per heavy atom. The van der Waals surface area contributed by atoms with Crippen molar-refractivity contribution < 1.29 is 24.0 Å². The standard InChI is InChI=1S/C28H22N2O5/c1-13-10-14(2)23(16(4)15(13)3)30-27(34)20-9-7-18(12-22(20)28(30)35)24(31)17-6-8-19-21(11-17)26(33)29(5)25(19)32/h6-12H,1-5H3. The van der Waals surface area contributed by atoms with Crippen LogP contribution in [0, 0.1) is 27.7 Å². The smallest absolute Gasteiger partial charge is 0.266 e. The highest BCUT2D eigenvalue weighted by atomic mass is 16.2. The van der Waals surface area contributed by atoms with Crippen LogP contribution in [0.15, 0.2) is 42.5 Å². The number of nitrogens with zero attached hydrogens (tertiary/aromatic N) is 2. The van der Waals surface area contributed by atoms with E-state index in [2.05, 4.69) is 0 Å². The van der Waals surface area contributed by atoms with Gasteiger partial charge in [-0.1, -0.05) is 18.2 Å². The highest BCUT2D eigenvalue weighted by Crippen LogP contribution is 2.36. The minimum atomic E-state index is -0.481. The summed E-state index contributed by atoms with van der Waals surface area (Å²) in [6.07, 6.45) is 0. The Balaban J connectivity index is 1.54. The molecule has 2 aliphatic rings. The van der Waals surface area contributed by atoms with E-state index in [1.54, 1.807) is 0 Å². The first kappa shape index (κ1) is 22.4. The van der Waals surface area contributed by atoms with E-state index >= 15 is 0 Å². The minimum absolute atomic E-state index is 0.157. The molecule has 7 nitrogen and oxygen atoms in total. The average molecular weight is 466 g/mol. The number of anilines is 1. The molecule has 0 N–H and O–H groups in total. The third-order valence-electron chi connectivity index (χ3n) is 7.04. The number of imide groups is 2. The Morgan fingerprint density at radius 3 is 1.69 bits per heavy atom. The molecule has 0 bridgehead atoms. The fourth-order valence-corrected chi connectivity index (χ4v) is 4.87. The molecule has 0 aromatic heterocycles. The van der Waals surface area contributed by atoms with Gasteiger partial charge in [0.25, 0.3) is 23.6 Å². The second-order valence-corrected chi connectivity index (χ2v) is 9.07. The molecule has 0 aliphatic carbocycles. The molecule has 0 unspecified atom stereocenters. The van der Waals surface area contributed by atoms with E-state index < -0.39 is 29.4 Å². The number of fused-ring (bicyclic) bond motifs is 2. The Kier molecular flexibility index (Phi) is 4.84. The van der Waals surface area contributed by atoms with Gasteiger partial charge in [0.05, 0.1) is 27.9 Å². The molecular weight excluding hydrogens is 444 g/mol. The topological polar surface area (TPSA) is 91.8 Å². The van der Waals surface area contributed by atoms with E-state index in [0.29, 0.717) is 5.69 Å². The van der Waals surface area contributed by atoms with E-state index in [0.717, 1.165) is 27.2 Å². The highest BCUT2D eigenvalue weighted by Gasteiger charge is 2.39. The average Bonchev–Trinajstić information content (AvgIpc) is 3.22. The van der Waals surface area contributed by atoms with Gasteiger partial charge in [-0.3, -0.25) is 28.9 Å². The van der Waals surface area contributed by atoms with Crippen molar-refractivity contribution in [3.8, 4) is 0 Å². The molecular formula is C28H22N2O5. The van der Waals surface area contributed by atoms with Crippen LogP contribution in [0.4, 0.5) is 5.69 Å². The summed E-state index contributed by atoms with van der Waals surface area (Å²) in [5.41, 5.74) is 5.57. The summed E-state index contributed by atoms with van der Waals surface area (Å²) in [6, 6.07) is 10.7. The molecule has 2 aliphatic heterocycles. The molecule has 3 aromatic carbocycles. The minimum Gasteiger partial charge on any atom is -0.289 e. The SMILES string of the molecule is Cc1cc(C)c(N2C(=O)c3ccc(C(=O)c4ccc5c(c4)C(=O)N(C)C5=O)cc3C2=O)c(C)c1C. The van der Waals surface area contributed by atoms with Crippen molar-refractivity contribution >= 4 is 35.1 Å². The third kappa shape index (κ3) is 3.08. The number of hydrogen-bond acceptors (Lipinski definition) is 5. The summed E-state index contributed by atoms with van der Waals surface area (Å²) in [5, 5.41) is 0. The third-order valence-corrected chi connectivity index (χ3v) is 7.04. The summed E-state index contributed by atoms with van der Waals surface area (Å²) < 4.78 is 0. The number of hydrogen-bond donors (Lipinski definition) is 0. The van der Waals surface area contributed by atoms with Gasteiger partial charge in [-0.15, -0.1) is 0 Å². The number of benzene rings is 3. The van der Waals surface area contributed by atoms with Crippen molar-refractivity contribution in [1.29, 1.82) is 0 Å². The zero-order valence-corrected chi connectivity index (χ0v) is 20.0. The van der Waals surface area contributed by atoms with Crippen molar-refractivity contribution in [2.24, 2.45) is 0 Å². The second-order valence-electron chi connectivity index (χ2n) is 9.07. The fraction of sp³-hybridized carbons (Fsp3) is 0.179. The zero-order valence-electron chi connectivity index (χ0n) is 20.0. The summed E-state index contributed by atoms with van der Waals surface area (Å²) >= 11 is 0. The lowest BCUT2D eigenvalue weighted by molar-refractivity contribution is 0.0692. The van der Waals surface area contributed by atoms with E-state index in [9.17, 15) is 24.0 Å². The van der Waals surface area contributed by atoms with Crippen LogP contribution in [0.25, 0.3) is 0 Å². The maximum absolute atomic E-state index is 13.4. The Bertz CT molecular complexity index is 1550. The quantitative estimate of drug-likeness (QED) is 0.427. The second kappa shape index (κ2) is 7.56. The van der Waals surface area contributed by atoms with Gasteiger partial charge in [-0.05, 0) is 74.2 Å². The maximum atomic E-state index is 13.4. The predicted molar refractivity (Wildman–Crippen MR) is 129 cm³/mol. The number of amides is 4. The molecule has 3 aromatic rings. The van der Waals surface area contributed by atoms with Crippen LogP contribution in [0.2, 0.25) is 0 Å². The molecule has 2 heterocycles. The summed E-state index contributed by atoms with van der Waals surface area (Å²) in [7, 11) is 1.39. The van der Waals surface area contributed by atoms with E-state index in [1.807, 2.05) is 33.8 Å². The first-order valence-corrected chi connectivity index (χ1v) is 11.1. The van der Waals surface area contributed by atoms with Gasteiger partial charge >= 0.3 is 0 Å². The lowest BCUT2D eigenvalue weighted by Gasteiger charge is -2.22. The summed E-state index contributed by atoms with van der Waals surface area (Å²) in [4.78, 5) is 66.5. The molecule has 0 saturated heterocycles. The van der Waals surface area contributed by atoms with Gasteiger partial charge < -0.3 is 0 Å². The van der Waals surface area contributed by atoms with Gasteiger partial charge in [0.15, 0.2) is 5.78 Å². The molecule has 4 amide bonds. The van der Waals surface area contributed by atoms with Gasteiger partial charge in [-0.25, -0.2) is 4.90 Å². The first-order valence-electron chi connectivity index (χ1n) is 11.1. The van der Waals surface area contributed by atoms with Crippen molar-refractivity contribution in [1.82, 2.24) is 4.90 Å². The van der Waals surface area contributed by atoms with Crippen molar-refractivity contribution in [2.75, 3.05) is 11.9 Å². The molecule has 35 heavy (non-hydrogen) atoms. The Hall–Kier alpha value is -4.39. The largest absolute Gasteiger partial charge is 0.289 e. The molecule has 0 spiro atoms. The molecule has 0 fully saturated rings. The number of rotatable bonds is 3. The molecule has 0 saturated carbocycles. The lowest BCUT2D eigenvalue weighted by atomic mass is 9.96. The van der Waals surface area contributed by atoms with Gasteiger partial charge in [0, 0.05) is 18.2 Å². The van der Waals surface area contributed by atoms with Crippen LogP contribution < -0.4 is 4.90 Å². The van der Waals surface area contributed by atoms with E-state index in [4.69, 9.17) is 0 Å². The first-order chi connectivity index (χ1) is 16.5. The molecule has 174 valence electrons. The molecule has 5 rings (SSSR count). The van der Waals surface area contributed by atoms with Crippen molar-refractivity contribution in [3.05, 3.63) is 98.1 Å². The van der Waals surface area contributed by atoms with Crippen LogP contribution in [0.3, 0.4) is 0 Å². The predicted octanol–water partition coefficient (Wildman–Crippen LogP) is 4.18. The van der Waals surface area contributed by atoms with Crippen molar-refractivity contribution in [3.63, 3.8) is 0 Å². The van der Waals surface area contributed by atoms with Crippen LogP contribution in [-0.4, -0.2) is 41.4 Å². The lowest BCUT2D eigenvalue weighted by Crippen LogP contribution is -2.31.